The molecule has 3 nitrogen and oxygen atoms in total. The summed E-state index contributed by atoms with van der Waals surface area (Å²) in [4.78, 5) is 12.2. The Morgan fingerprint density at radius 2 is 1.75 bits per heavy atom. The molecule has 1 N–H and O–H groups in total. The maximum Gasteiger partial charge on any atom is 0.287 e. The predicted molar refractivity (Wildman–Crippen MR) is 119 cm³/mol. The zero-order chi connectivity index (χ0) is 20.5. The van der Waals surface area contributed by atoms with Gasteiger partial charge in [0.1, 0.15) is 5.76 Å². The number of fused-ring (bicyclic) bond motifs is 1. The summed E-state index contributed by atoms with van der Waals surface area (Å²) in [6.07, 6.45) is 5.17. The van der Waals surface area contributed by atoms with E-state index in [0.29, 0.717) is 18.7 Å². The molecule has 0 atom stereocenters. The fraction of sp³-hybridized carbons (Fsp3) is 0.542. The molecule has 0 bridgehead atoms. The normalized spacial score (nSPS) is 17.2. The lowest BCUT2D eigenvalue weighted by atomic mass is 9.62. The van der Waals surface area contributed by atoms with Crippen LogP contribution in [-0.2, 0) is 17.3 Å². The lowest BCUT2D eigenvalue weighted by Crippen LogP contribution is -2.34. The molecule has 0 radical (unpaired) electrons. The summed E-state index contributed by atoms with van der Waals surface area (Å²) in [5.41, 5.74) is 5.95. The lowest BCUT2D eigenvalue weighted by molar-refractivity contribution is 0.0927. The van der Waals surface area contributed by atoms with Gasteiger partial charge in [0.05, 0.1) is 0 Å². The molecule has 3 rings (SSSR count). The van der Waals surface area contributed by atoms with Gasteiger partial charge in [-0.2, -0.15) is 11.8 Å². The van der Waals surface area contributed by atoms with Gasteiger partial charge in [0.15, 0.2) is 5.76 Å². The monoisotopic (exact) mass is 399 g/mol. The number of aryl methyl sites for hydroxylation is 1. The highest BCUT2D eigenvalue weighted by molar-refractivity contribution is 7.98. The van der Waals surface area contributed by atoms with E-state index in [9.17, 15) is 4.79 Å². The zero-order valence-electron chi connectivity index (χ0n) is 18.1. The Morgan fingerprint density at radius 1 is 1.11 bits per heavy atom. The third kappa shape index (κ3) is 4.32. The second kappa shape index (κ2) is 7.98. The maximum atomic E-state index is 12.2. The van der Waals surface area contributed by atoms with Crippen molar-refractivity contribution in [2.75, 3.05) is 18.6 Å². The first-order valence-corrected chi connectivity index (χ1v) is 11.5. The van der Waals surface area contributed by atoms with E-state index in [-0.39, 0.29) is 16.7 Å². The van der Waals surface area contributed by atoms with Crippen molar-refractivity contribution in [1.82, 2.24) is 5.32 Å². The van der Waals surface area contributed by atoms with Crippen LogP contribution in [0.25, 0.3) is 0 Å². The number of hydrogen-bond acceptors (Lipinski definition) is 3. The van der Waals surface area contributed by atoms with Crippen LogP contribution < -0.4 is 5.32 Å². The van der Waals surface area contributed by atoms with E-state index >= 15 is 0 Å². The van der Waals surface area contributed by atoms with Gasteiger partial charge in [0.25, 0.3) is 5.91 Å². The molecule has 1 aromatic carbocycles. The van der Waals surface area contributed by atoms with Crippen LogP contribution in [0.3, 0.4) is 0 Å². The van der Waals surface area contributed by atoms with Gasteiger partial charge in [-0.15, -0.1) is 0 Å². The number of nitrogens with one attached hydrogen (secondary N) is 1. The first-order chi connectivity index (χ1) is 13.1. The number of benzene rings is 1. The average molecular weight is 400 g/mol. The van der Waals surface area contributed by atoms with Crippen molar-refractivity contribution in [3.05, 3.63) is 58.0 Å². The molecule has 1 aliphatic rings. The van der Waals surface area contributed by atoms with Crippen molar-refractivity contribution in [2.24, 2.45) is 0 Å². The van der Waals surface area contributed by atoms with Crippen molar-refractivity contribution in [3.63, 3.8) is 0 Å². The van der Waals surface area contributed by atoms with Crippen LogP contribution >= 0.6 is 11.8 Å². The number of furan rings is 1. The van der Waals surface area contributed by atoms with Gasteiger partial charge in [-0.05, 0) is 71.2 Å². The van der Waals surface area contributed by atoms with Gasteiger partial charge in [-0.3, -0.25) is 4.79 Å². The summed E-state index contributed by atoms with van der Waals surface area (Å²) in [5, 5.41) is 2.90. The minimum atomic E-state index is -0.134. The van der Waals surface area contributed by atoms with E-state index < -0.39 is 0 Å². The molecular formula is C24H33NO2S. The molecule has 2 aromatic rings. The minimum absolute atomic E-state index is 0.134. The van der Waals surface area contributed by atoms with E-state index in [2.05, 4.69) is 52.1 Å². The summed E-state index contributed by atoms with van der Waals surface area (Å²) >= 11 is 1.71. The largest absolute Gasteiger partial charge is 0.456 e. The molecule has 0 spiro atoms. The van der Waals surface area contributed by atoms with Crippen molar-refractivity contribution in [2.45, 2.75) is 64.7 Å². The number of carbonyl (C=O) groups is 1. The molecule has 1 aromatic heterocycles. The maximum absolute atomic E-state index is 12.2. The number of thioether (sulfide) groups is 1. The van der Waals surface area contributed by atoms with E-state index in [1.807, 2.05) is 12.3 Å². The number of hydrogen-bond donors (Lipinski definition) is 1. The highest BCUT2D eigenvalue weighted by Gasteiger charge is 2.37. The summed E-state index contributed by atoms with van der Waals surface area (Å²) in [7, 11) is 0. The van der Waals surface area contributed by atoms with Crippen LogP contribution in [0, 0.1) is 6.92 Å². The predicted octanol–water partition coefficient (Wildman–Crippen LogP) is 5.62. The fourth-order valence-electron chi connectivity index (χ4n) is 4.09. The molecule has 1 aliphatic carbocycles. The van der Waals surface area contributed by atoms with Crippen LogP contribution in [0.5, 0.6) is 0 Å². The summed E-state index contributed by atoms with van der Waals surface area (Å²) in [6.45, 7) is 12.3. The first-order valence-electron chi connectivity index (χ1n) is 10.1. The third-order valence-electron chi connectivity index (χ3n) is 6.15. The van der Waals surface area contributed by atoms with E-state index in [0.717, 1.165) is 11.5 Å². The van der Waals surface area contributed by atoms with Crippen LogP contribution in [0.1, 0.15) is 79.1 Å². The molecule has 1 amide bonds. The van der Waals surface area contributed by atoms with Crippen LogP contribution in [-0.4, -0.2) is 24.5 Å². The highest BCUT2D eigenvalue weighted by Crippen LogP contribution is 2.46. The highest BCUT2D eigenvalue weighted by atomic mass is 32.2. The second-order valence-electron chi connectivity index (χ2n) is 9.28. The van der Waals surface area contributed by atoms with Crippen LogP contribution in [0.15, 0.2) is 28.7 Å². The smallest absolute Gasteiger partial charge is 0.287 e. The molecule has 1 heterocycles. The average Bonchev–Trinajstić information content (AvgIpc) is 3.09. The quantitative estimate of drug-likeness (QED) is 0.641. The van der Waals surface area contributed by atoms with Gasteiger partial charge >= 0.3 is 0 Å². The third-order valence-corrected chi connectivity index (χ3v) is 6.76. The Hall–Kier alpha value is -1.68. The van der Waals surface area contributed by atoms with Crippen molar-refractivity contribution < 1.29 is 9.21 Å². The van der Waals surface area contributed by atoms with Crippen LogP contribution in [0.2, 0.25) is 0 Å². The van der Waals surface area contributed by atoms with Crippen molar-refractivity contribution in [1.29, 1.82) is 0 Å². The zero-order valence-corrected chi connectivity index (χ0v) is 18.9. The molecule has 0 saturated carbocycles. The second-order valence-corrected chi connectivity index (χ2v) is 10.3. The molecule has 0 aliphatic heterocycles. The summed E-state index contributed by atoms with van der Waals surface area (Å²) in [5.74, 6) is 2.00. The van der Waals surface area contributed by atoms with Crippen molar-refractivity contribution in [3.8, 4) is 0 Å². The Balaban J connectivity index is 1.83. The number of amides is 1. The Labute approximate surface area is 173 Å². The van der Waals surface area contributed by atoms with E-state index in [4.69, 9.17) is 4.42 Å². The van der Waals surface area contributed by atoms with Gasteiger partial charge < -0.3 is 9.73 Å². The molecular weight excluding hydrogens is 366 g/mol. The molecule has 4 heteroatoms. The van der Waals surface area contributed by atoms with Crippen LogP contribution in [0.4, 0.5) is 0 Å². The Bertz CT molecular complexity index is 863. The molecule has 0 fully saturated rings. The SMILES string of the molecule is CSCCNC(=O)c1ccc(Cc2cc3c(cc2C)C(C)(C)CCC3(C)C)o1. The molecule has 0 unspecified atom stereocenters. The Morgan fingerprint density at radius 3 is 2.39 bits per heavy atom. The number of carbonyl (C=O) groups excluding carboxylic acids is 1. The molecule has 28 heavy (non-hydrogen) atoms. The van der Waals surface area contributed by atoms with Gasteiger partial charge in [0, 0.05) is 18.7 Å². The summed E-state index contributed by atoms with van der Waals surface area (Å²) in [6, 6.07) is 8.47. The summed E-state index contributed by atoms with van der Waals surface area (Å²) < 4.78 is 5.85. The fourth-order valence-corrected chi connectivity index (χ4v) is 4.40. The van der Waals surface area contributed by atoms with E-state index in [1.54, 1.807) is 17.8 Å². The van der Waals surface area contributed by atoms with Gasteiger partial charge in [-0.25, -0.2) is 0 Å². The van der Waals surface area contributed by atoms with Gasteiger partial charge in [-0.1, -0.05) is 39.8 Å². The Kier molecular flexibility index (Phi) is 6.00. The number of rotatable bonds is 6. The molecule has 152 valence electrons. The van der Waals surface area contributed by atoms with Gasteiger partial charge in [0.2, 0.25) is 0 Å². The topological polar surface area (TPSA) is 42.2 Å². The van der Waals surface area contributed by atoms with E-state index in [1.165, 1.54) is 35.1 Å². The standard InChI is InChI=1S/C24H33NO2S/c1-16-13-19-20(24(4,5)10-9-23(19,2)3)15-17(16)14-18-7-8-21(27-18)22(26)25-11-12-28-6/h7-8,13,15H,9-12,14H2,1-6H3,(H,25,26). The first kappa shape index (κ1) is 21.0. The lowest BCUT2D eigenvalue weighted by Gasteiger charge is -2.42. The minimum Gasteiger partial charge on any atom is -0.456 e. The molecule has 0 saturated heterocycles. The van der Waals surface area contributed by atoms with Crippen molar-refractivity contribution >= 4 is 17.7 Å².